The van der Waals surface area contributed by atoms with Crippen LogP contribution in [0.25, 0.3) is 0 Å². The number of benzene rings is 1. The first-order valence-corrected chi connectivity index (χ1v) is 10.9. The fourth-order valence-corrected chi connectivity index (χ4v) is 4.25. The standard InChI is InChI=1S/C25H24N4O4/c1-18-9-10-20(14-27-18)33-23-21(8-5-12-26-23)24(31)28-13-11-25(16-28)17-29(22(30)15-32-25)19-6-3-2-4-7-19/h2-10,12,14H,11,13,15-17H2,1H3/t25-/m1/s1. The number of aryl methyl sites for hydroxylation is 1. The summed E-state index contributed by atoms with van der Waals surface area (Å²) in [5, 5.41) is 0. The van der Waals surface area contributed by atoms with Gasteiger partial charge in [0, 0.05) is 24.1 Å². The van der Waals surface area contributed by atoms with Gasteiger partial charge in [0.15, 0.2) is 0 Å². The van der Waals surface area contributed by atoms with Crippen LogP contribution in [0.5, 0.6) is 11.6 Å². The third-order valence-electron chi connectivity index (χ3n) is 6.02. The Kier molecular flexibility index (Phi) is 5.51. The van der Waals surface area contributed by atoms with E-state index in [2.05, 4.69) is 9.97 Å². The maximum atomic E-state index is 13.4. The zero-order chi connectivity index (χ0) is 22.8. The number of ether oxygens (including phenoxy) is 2. The molecular weight excluding hydrogens is 420 g/mol. The van der Waals surface area contributed by atoms with Crippen LogP contribution in [-0.4, -0.2) is 58.5 Å². The molecule has 2 aliphatic heterocycles. The fourth-order valence-electron chi connectivity index (χ4n) is 4.25. The Bertz CT molecular complexity index is 1170. The van der Waals surface area contributed by atoms with E-state index in [0.29, 0.717) is 37.4 Å². The van der Waals surface area contributed by atoms with Gasteiger partial charge in [-0.2, -0.15) is 0 Å². The van der Waals surface area contributed by atoms with Crippen LogP contribution >= 0.6 is 0 Å². The minimum absolute atomic E-state index is 0.00139. The highest BCUT2D eigenvalue weighted by atomic mass is 16.5. The molecule has 0 radical (unpaired) electrons. The lowest BCUT2D eigenvalue weighted by Gasteiger charge is -2.40. The molecule has 0 aliphatic carbocycles. The van der Waals surface area contributed by atoms with E-state index in [1.165, 1.54) is 0 Å². The topological polar surface area (TPSA) is 84.9 Å². The van der Waals surface area contributed by atoms with E-state index in [-0.39, 0.29) is 24.3 Å². The molecule has 168 valence electrons. The molecule has 0 saturated carbocycles. The summed E-state index contributed by atoms with van der Waals surface area (Å²) in [7, 11) is 0. The Labute approximate surface area is 191 Å². The van der Waals surface area contributed by atoms with E-state index >= 15 is 0 Å². The van der Waals surface area contributed by atoms with Gasteiger partial charge in [-0.1, -0.05) is 18.2 Å². The normalized spacial score (nSPS) is 20.3. The Balaban J connectivity index is 1.33. The van der Waals surface area contributed by atoms with Crippen LogP contribution in [0.15, 0.2) is 67.0 Å². The Hall–Kier alpha value is -3.78. The molecule has 1 atom stereocenters. The van der Waals surface area contributed by atoms with Crippen LogP contribution in [0.3, 0.4) is 0 Å². The SMILES string of the molecule is Cc1ccc(Oc2ncccc2C(=O)N2CC[C@@]3(C2)CN(c2ccccc2)C(=O)CO3)cn1. The summed E-state index contributed by atoms with van der Waals surface area (Å²) in [5.41, 5.74) is 1.49. The summed E-state index contributed by atoms with van der Waals surface area (Å²) >= 11 is 0. The summed E-state index contributed by atoms with van der Waals surface area (Å²) in [6.07, 6.45) is 3.84. The van der Waals surface area contributed by atoms with Crippen molar-refractivity contribution in [2.75, 3.05) is 31.1 Å². The van der Waals surface area contributed by atoms with E-state index in [1.54, 1.807) is 40.4 Å². The Morgan fingerprint density at radius 2 is 1.91 bits per heavy atom. The van der Waals surface area contributed by atoms with E-state index in [4.69, 9.17) is 9.47 Å². The van der Waals surface area contributed by atoms with Gasteiger partial charge in [-0.25, -0.2) is 4.98 Å². The van der Waals surface area contributed by atoms with Gasteiger partial charge in [0.05, 0.1) is 19.3 Å². The largest absolute Gasteiger partial charge is 0.437 e. The molecule has 0 N–H and O–H groups in total. The van der Waals surface area contributed by atoms with Crippen molar-refractivity contribution in [1.29, 1.82) is 0 Å². The Morgan fingerprint density at radius 1 is 1.06 bits per heavy atom. The predicted molar refractivity (Wildman–Crippen MR) is 121 cm³/mol. The van der Waals surface area contributed by atoms with Gasteiger partial charge in [-0.05, 0) is 49.7 Å². The molecule has 1 aromatic carbocycles. The highest BCUT2D eigenvalue weighted by Crippen LogP contribution is 2.34. The quantitative estimate of drug-likeness (QED) is 0.614. The number of hydrogen-bond donors (Lipinski definition) is 0. The highest BCUT2D eigenvalue weighted by Gasteiger charge is 2.47. The van der Waals surface area contributed by atoms with Crippen LogP contribution in [0.2, 0.25) is 0 Å². The number of rotatable bonds is 4. The number of nitrogens with zero attached hydrogens (tertiary/aromatic N) is 4. The molecule has 0 unspecified atom stereocenters. The van der Waals surface area contributed by atoms with Crippen LogP contribution in [0.4, 0.5) is 5.69 Å². The average Bonchev–Trinajstić information content (AvgIpc) is 3.26. The van der Waals surface area contributed by atoms with Crippen molar-refractivity contribution in [3.05, 3.63) is 78.2 Å². The second kappa shape index (κ2) is 8.63. The molecule has 8 nitrogen and oxygen atoms in total. The zero-order valence-electron chi connectivity index (χ0n) is 18.3. The lowest BCUT2D eigenvalue weighted by molar-refractivity contribution is -0.137. The first-order chi connectivity index (χ1) is 16.0. The lowest BCUT2D eigenvalue weighted by Crippen LogP contribution is -2.56. The first kappa shape index (κ1) is 21.1. The molecular formula is C25H24N4O4. The summed E-state index contributed by atoms with van der Waals surface area (Å²) in [6, 6.07) is 16.6. The number of morpholine rings is 1. The number of aromatic nitrogens is 2. The van der Waals surface area contributed by atoms with Gasteiger partial charge in [0.25, 0.3) is 11.8 Å². The zero-order valence-corrected chi connectivity index (χ0v) is 18.3. The lowest BCUT2D eigenvalue weighted by atomic mass is 10.00. The van der Waals surface area contributed by atoms with Gasteiger partial charge in [0.1, 0.15) is 23.5 Å². The summed E-state index contributed by atoms with van der Waals surface area (Å²) < 4.78 is 11.9. The monoisotopic (exact) mass is 444 g/mol. The third-order valence-corrected chi connectivity index (χ3v) is 6.02. The van der Waals surface area contributed by atoms with Crippen molar-refractivity contribution >= 4 is 17.5 Å². The van der Waals surface area contributed by atoms with E-state index in [1.807, 2.05) is 43.3 Å². The number of likely N-dealkylation sites (tertiary alicyclic amines) is 1. The second-order valence-corrected chi connectivity index (χ2v) is 8.36. The van der Waals surface area contributed by atoms with Crippen LogP contribution in [0, 0.1) is 6.92 Å². The van der Waals surface area contributed by atoms with E-state index < -0.39 is 5.60 Å². The predicted octanol–water partition coefficient (Wildman–Crippen LogP) is 3.23. The minimum atomic E-state index is -0.594. The number of amides is 2. The number of pyridine rings is 2. The number of anilines is 1. The number of para-hydroxylation sites is 1. The van der Waals surface area contributed by atoms with Gasteiger partial charge in [0.2, 0.25) is 5.88 Å². The van der Waals surface area contributed by atoms with E-state index in [9.17, 15) is 9.59 Å². The molecule has 8 heteroatoms. The van der Waals surface area contributed by atoms with Crippen molar-refractivity contribution in [3.8, 4) is 11.6 Å². The molecule has 2 aliphatic rings. The van der Waals surface area contributed by atoms with Gasteiger partial charge < -0.3 is 19.3 Å². The molecule has 2 fully saturated rings. The van der Waals surface area contributed by atoms with Crippen LogP contribution < -0.4 is 9.64 Å². The molecule has 2 aromatic heterocycles. The smallest absolute Gasteiger partial charge is 0.259 e. The maximum absolute atomic E-state index is 13.4. The highest BCUT2D eigenvalue weighted by molar-refractivity contribution is 5.97. The van der Waals surface area contributed by atoms with Gasteiger partial charge >= 0.3 is 0 Å². The molecule has 4 heterocycles. The molecule has 1 spiro atoms. The molecule has 2 saturated heterocycles. The molecule has 3 aromatic rings. The first-order valence-electron chi connectivity index (χ1n) is 10.9. The van der Waals surface area contributed by atoms with Crippen LogP contribution in [-0.2, 0) is 9.53 Å². The Morgan fingerprint density at radius 3 is 2.70 bits per heavy atom. The molecule has 2 amide bonds. The van der Waals surface area contributed by atoms with Crippen LogP contribution in [0.1, 0.15) is 22.5 Å². The number of carbonyl (C=O) groups is 2. The maximum Gasteiger partial charge on any atom is 0.259 e. The van der Waals surface area contributed by atoms with Crippen molar-refractivity contribution in [1.82, 2.24) is 14.9 Å². The van der Waals surface area contributed by atoms with Crippen molar-refractivity contribution in [2.24, 2.45) is 0 Å². The van der Waals surface area contributed by atoms with E-state index in [0.717, 1.165) is 11.4 Å². The number of carbonyl (C=O) groups excluding carboxylic acids is 2. The van der Waals surface area contributed by atoms with Gasteiger partial charge in [-0.3, -0.25) is 14.6 Å². The fraction of sp³-hybridized carbons (Fsp3) is 0.280. The van der Waals surface area contributed by atoms with Crippen molar-refractivity contribution in [2.45, 2.75) is 18.9 Å². The second-order valence-electron chi connectivity index (χ2n) is 8.36. The van der Waals surface area contributed by atoms with Crippen molar-refractivity contribution < 1.29 is 19.1 Å². The summed E-state index contributed by atoms with van der Waals surface area (Å²) in [5.74, 6) is 0.492. The average molecular weight is 444 g/mol. The molecule has 5 rings (SSSR count). The summed E-state index contributed by atoms with van der Waals surface area (Å²) in [4.78, 5) is 37.9. The van der Waals surface area contributed by atoms with Crippen molar-refractivity contribution in [3.63, 3.8) is 0 Å². The summed E-state index contributed by atoms with van der Waals surface area (Å²) in [6.45, 7) is 3.21. The molecule has 0 bridgehead atoms. The number of hydrogen-bond acceptors (Lipinski definition) is 6. The third kappa shape index (κ3) is 4.29. The minimum Gasteiger partial charge on any atom is -0.437 e. The molecule has 33 heavy (non-hydrogen) atoms. The van der Waals surface area contributed by atoms with Gasteiger partial charge in [-0.15, -0.1) is 0 Å².